The van der Waals surface area contributed by atoms with Gasteiger partial charge in [-0.25, -0.2) is 13.9 Å². The van der Waals surface area contributed by atoms with Gasteiger partial charge < -0.3 is 20.3 Å². The van der Waals surface area contributed by atoms with E-state index in [2.05, 4.69) is 31.4 Å². The van der Waals surface area contributed by atoms with E-state index in [4.69, 9.17) is 9.54 Å². The molecule has 0 amide bonds. The normalized spacial score (nSPS) is 13.1. The lowest BCUT2D eigenvalue weighted by atomic mass is 10.2. The highest BCUT2D eigenvalue weighted by Crippen LogP contribution is 2.25. The molecule has 35 heavy (non-hydrogen) atoms. The minimum absolute atomic E-state index is 0.0133. The van der Waals surface area contributed by atoms with Crippen molar-refractivity contribution in [3.63, 3.8) is 0 Å². The molecule has 1 aromatic carbocycles. The molecule has 4 rings (SSSR count). The van der Waals surface area contributed by atoms with Crippen LogP contribution in [0.15, 0.2) is 48.8 Å². The zero-order valence-electron chi connectivity index (χ0n) is 19.3. The average Bonchev–Trinajstić information content (AvgIpc) is 3.48. The average molecular weight is 516 g/mol. The Hall–Kier alpha value is -2.90. The van der Waals surface area contributed by atoms with Crippen LogP contribution in [0.2, 0.25) is 0 Å². The fourth-order valence-electron chi connectivity index (χ4n) is 3.56. The molecule has 4 aromatic rings. The maximum Gasteiger partial charge on any atom is 0.231 e. The van der Waals surface area contributed by atoms with E-state index in [1.165, 1.54) is 0 Å². The van der Waals surface area contributed by atoms with Crippen LogP contribution in [-0.4, -0.2) is 52.6 Å². The van der Waals surface area contributed by atoms with Crippen molar-refractivity contribution in [3.05, 3.63) is 64.1 Å². The van der Waals surface area contributed by atoms with Crippen LogP contribution in [0.3, 0.4) is 0 Å². The van der Waals surface area contributed by atoms with Gasteiger partial charge in [0, 0.05) is 22.8 Å². The Bertz CT molecular complexity index is 1260. The molecule has 0 saturated heterocycles. The Labute approximate surface area is 210 Å². The summed E-state index contributed by atoms with van der Waals surface area (Å²) in [5.41, 5.74) is 2.49. The van der Waals surface area contributed by atoms with Crippen LogP contribution in [0.4, 0.5) is 11.8 Å². The molecule has 2 atom stereocenters. The molecule has 0 spiro atoms. The molecule has 0 fully saturated rings. The number of hydrogen-bond donors (Lipinski definition) is 5. The highest BCUT2D eigenvalue weighted by atomic mass is 32.2. The smallest absolute Gasteiger partial charge is 0.231 e. The first-order chi connectivity index (χ1) is 17.1. The van der Waals surface area contributed by atoms with Crippen molar-refractivity contribution in [2.75, 3.05) is 23.8 Å². The standard InChI is InChI=1S/C23H29N7O3S2/c1-2-17(14-31)27-23-28-21(24-12-16-6-4-3-5-7-16)20-22(29-23)30(15-25-20)13-19-9-8-18(34-19)10-11-26-35(32)33/h3-9,15,17,26,31H,2,10-14H2,1H3,(H,32,33)(H2,24,27,28,29)/t17-/m1/s1. The summed E-state index contributed by atoms with van der Waals surface area (Å²) in [6.07, 6.45) is 3.17. The lowest BCUT2D eigenvalue weighted by molar-refractivity contribution is 0.271. The summed E-state index contributed by atoms with van der Waals surface area (Å²) < 4.78 is 24.1. The molecule has 3 heterocycles. The second-order valence-corrected chi connectivity index (χ2v) is 10.0. The predicted molar refractivity (Wildman–Crippen MR) is 140 cm³/mol. The van der Waals surface area contributed by atoms with Gasteiger partial charge in [-0.15, -0.1) is 11.3 Å². The first kappa shape index (κ1) is 25.2. The third-order valence-corrected chi connectivity index (χ3v) is 7.03. The summed E-state index contributed by atoms with van der Waals surface area (Å²) in [5, 5.41) is 16.3. The van der Waals surface area contributed by atoms with E-state index in [-0.39, 0.29) is 12.6 Å². The number of fused-ring (bicyclic) bond motifs is 1. The largest absolute Gasteiger partial charge is 0.394 e. The Morgan fingerprint density at radius 1 is 1.14 bits per heavy atom. The maximum atomic E-state index is 10.8. The molecule has 3 aromatic heterocycles. The topological polar surface area (TPSA) is 137 Å². The summed E-state index contributed by atoms with van der Waals surface area (Å²) in [6.45, 7) is 3.59. The number of thiophene rings is 1. The molecule has 12 heteroatoms. The number of aromatic nitrogens is 4. The van der Waals surface area contributed by atoms with Crippen LogP contribution < -0.4 is 15.4 Å². The van der Waals surface area contributed by atoms with E-state index in [1.807, 2.05) is 47.9 Å². The lowest BCUT2D eigenvalue weighted by Gasteiger charge is -2.15. The molecular weight excluding hydrogens is 486 g/mol. The van der Waals surface area contributed by atoms with Gasteiger partial charge in [0.15, 0.2) is 17.0 Å². The lowest BCUT2D eigenvalue weighted by Crippen LogP contribution is -2.24. The molecule has 5 N–H and O–H groups in total. The van der Waals surface area contributed by atoms with E-state index in [9.17, 15) is 9.32 Å². The van der Waals surface area contributed by atoms with Crippen molar-refractivity contribution < 1.29 is 13.9 Å². The Morgan fingerprint density at radius 2 is 1.94 bits per heavy atom. The van der Waals surface area contributed by atoms with Gasteiger partial charge in [-0.1, -0.05) is 37.3 Å². The molecule has 0 saturated carbocycles. The van der Waals surface area contributed by atoms with E-state index >= 15 is 0 Å². The molecule has 186 valence electrons. The van der Waals surface area contributed by atoms with Crippen LogP contribution in [0, 0.1) is 0 Å². The van der Waals surface area contributed by atoms with Crippen LogP contribution >= 0.6 is 11.3 Å². The van der Waals surface area contributed by atoms with Crippen molar-refractivity contribution >= 4 is 45.5 Å². The molecule has 10 nitrogen and oxygen atoms in total. The van der Waals surface area contributed by atoms with Crippen LogP contribution in [0.5, 0.6) is 0 Å². The minimum Gasteiger partial charge on any atom is -0.394 e. The fraction of sp³-hybridized carbons (Fsp3) is 0.348. The zero-order chi connectivity index (χ0) is 24.6. The van der Waals surface area contributed by atoms with Crippen molar-refractivity contribution in [1.29, 1.82) is 0 Å². The molecule has 1 unspecified atom stereocenters. The summed E-state index contributed by atoms with van der Waals surface area (Å²) >= 11 is -0.350. The minimum atomic E-state index is -2.00. The van der Waals surface area contributed by atoms with E-state index in [0.717, 1.165) is 21.7 Å². The predicted octanol–water partition coefficient (Wildman–Crippen LogP) is 3.00. The van der Waals surface area contributed by atoms with Gasteiger partial charge in [-0.05, 0) is 30.5 Å². The Balaban J connectivity index is 1.58. The number of nitrogens with zero attached hydrogens (tertiary/aromatic N) is 4. The highest BCUT2D eigenvalue weighted by Gasteiger charge is 2.16. The first-order valence-corrected chi connectivity index (χ1v) is 13.3. The van der Waals surface area contributed by atoms with Gasteiger partial charge >= 0.3 is 0 Å². The molecule has 0 radical (unpaired) electrons. The second kappa shape index (κ2) is 12.2. The van der Waals surface area contributed by atoms with Crippen LogP contribution in [-0.2, 0) is 30.8 Å². The fourth-order valence-corrected chi connectivity index (χ4v) is 4.85. The quantitative estimate of drug-likeness (QED) is 0.171. The van der Waals surface area contributed by atoms with Gasteiger partial charge in [0.2, 0.25) is 17.2 Å². The monoisotopic (exact) mass is 515 g/mol. The summed E-state index contributed by atoms with van der Waals surface area (Å²) in [4.78, 5) is 16.2. The number of hydrogen-bond acceptors (Lipinski definition) is 8. The van der Waals surface area contributed by atoms with Crippen molar-refractivity contribution in [2.24, 2.45) is 0 Å². The summed E-state index contributed by atoms with van der Waals surface area (Å²) in [7, 11) is 0. The van der Waals surface area contributed by atoms with Gasteiger partial charge in [-0.2, -0.15) is 9.97 Å². The van der Waals surface area contributed by atoms with Crippen molar-refractivity contribution in [1.82, 2.24) is 24.2 Å². The maximum absolute atomic E-state index is 10.8. The molecule has 0 aliphatic heterocycles. The Kier molecular flexibility index (Phi) is 8.77. The number of nitrogens with one attached hydrogen (secondary N) is 3. The SMILES string of the molecule is CC[C@H](CO)Nc1nc(NCc2ccccc2)c2ncn(Cc3ccc(CCNS(=O)O)s3)c2n1. The van der Waals surface area contributed by atoms with Gasteiger partial charge in [0.25, 0.3) is 0 Å². The summed E-state index contributed by atoms with van der Waals surface area (Å²) in [6, 6.07) is 14.0. The van der Waals surface area contributed by atoms with Gasteiger partial charge in [-0.3, -0.25) is 4.55 Å². The number of aliphatic hydroxyl groups excluding tert-OH is 1. The molecule has 0 aliphatic carbocycles. The molecule has 0 bridgehead atoms. The number of aliphatic hydroxyl groups is 1. The number of imidazole rings is 1. The van der Waals surface area contributed by atoms with Crippen molar-refractivity contribution in [2.45, 2.75) is 38.9 Å². The third kappa shape index (κ3) is 6.83. The highest BCUT2D eigenvalue weighted by molar-refractivity contribution is 7.77. The van der Waals surface area contributed by atoms with Crippen LogP contribution in [0.25, 0.3) is 11.2 Å². The zero-order valence-corrected chi connectivity index (χ0v) is 21.0. The van der Waals surface area contributed by atoms with Crippen molar-refractivity contribution in [3.8, 4) is 0 Å². The van der Waals surface area contributed by atoms with Gasteiger partial charge in [0.05, 0.1) is 25.5 Å². The van der Waals surface area contributed by atoms with E-state index in [0.29, 0.717) is 49.0 Å². The van der Waals surface area contributed by atoms with E-state index < -0.39 is 11.3 Å². The van der Waals surface area contributed by atoms with Crippen LogP contribution in [0.1, 0.15) is 28.7 Å². The van der Waals surface area contributed by atoms with Gasteiger partial charge in [0.1, 0.15) is 0 Å². The molecular formula is C23H29N7O3S2. The Morgan fingerprint density at radius 3 is 2.69 bits per heavy atom. The molecule has 0 aliphatic rings. The number of anilines is 2. The first-order valence-electron chi connectivity index (χ1n) is 11.4. The number of rotatable bonds is 13. The second-order valence-electron chi connectivity index (χ2n) is 7.97. The van der Waals surface area contributed by atoms with E-state index in [1.54, 1.807) is 17.7 Å². The number of benzene rings is 1. The summed E-state index contributed by atoms with van der Waals surface area (Å²) in [5.74, 6) is 1.06. The third-order valence-electron chi connectivity index (χ3n) is 5.45.